The molecule has 0 fully saturated rings. The zero-order chi connectivity index (χ0) is 17.6. The fraction of sp³-hybridized carbons (Fsp3) is 0.250. The van der Waals surface area contributed by atoms with E-state index in [4.69, 9.17) is 10.5 Å². The number of benzene rings is 2. The third-order valence-corrected chi connectivity index (χ3v) is 4.13. The van der Waals surface area contributed by atoms with E-state index < -0.39 is 0 Å². The molecule has 2 aromatic carbocycles. The molecule has 1 heterocycles. The van der Waals surface area contributed by atoms with Gasteiger partial charge in [0.25, 0.3) is 0 Å². The van der Waals surface area contributed by atoms with E-state index in [1.807, 2.05) is 43.4 Å². The highest BCUT2D eigenvalue weighted by atomic mass is 35.5. The van der Waals surface area contributed by atoms with Crippen LogP contribution in [0.25, 0.3) is 10.9 Å². The van der Waals surface area contributed by atoms with Crippen molar-refractivity contribution in [2.45, 2.75) is 12.8 Å². The van der Waals surface area contributed by atoms with Crippen LogP contribution in [0.2, 0.25) is 0 Å². The van der Waals surface area contributed by atoms with Crippen LogP contribution in [-0.4, -0.2) is 23.6 Å². The Morgan fingerprint density at radius 3 is 2.62 bits per heavy atom. The Balaban J connectivity index is 0.00000243. The highest BCUT2D eigenvalue weighted by Gasteiger charge is 2.09. The van der Waals surface area contributed by atoms with Gasteiger partial charge < -0.3 is 20.4 Å². The van der Waals surface area contributed by atoms with Crippen LogP contribution in [0, 0.1) is 0 Å². The maximum atomic E-state index is 12.2. The summed E-state index contributed by atoms with van der Waals surface area (Å²) in [6.45, 7) is 0.962. The number of nitrogens with two attached hydrogens (primary N) is 1. The quantitative estimate of drug-likeness (QED) is 0.665. The van der Waals surface area contributed by atoms with Gasteiger partial charge in [-0.15, -0.1) is 12.4 Å². The van der Waals surface area contributed by atoms with Gasteiger partial charge in [0, 0.05) is 42.8 Å². The predicted octanol–water partition coefficient (Wildman–Crippen LogP) is 3.51. The molecule has 0 spiro atoms. The maximum absolute atomic E-state index is 12.2. The molecule has 1 amide bonds. The second-order valence-corrected chi connectivity index (χ2v) is 5.99. The van der Waals surface area contributed by atoms with Crippen molar-refractivity contribution < 1.29 is 9.53 Å². The maximum Gasteiger partial charge on any atom is 0.224 e. The van der Waals surface area contributed by atoms with Crippen LogP contribution in [0.5, 0.6) is 5.75 Å². The summed E-state index contributed by atoms with van der Waals surface area (Å²) in [6, 6.07) is 15.6. The van der Waals surface area contributed by atoms with Gasteiger partial charge in [-0.25, -0.2) is 0 Å². The molecule has 0 saturated heterocycles. The summed E-state index contributed by atoms with van der Waals surface area (Å²) in [4.78, 5) is 12.2. The molecule has 138 valence electrons. The Morgan fingerprint density at radius 1 is 1.15 bits per heavy atom. The standard InChI is InChI=1S/C20H23N3O2.ClH/c1-23-14-15(18-4-2-3-5-19(18)23)6-11-20(24)22-16-7-9-17(10-8-16)25-13-12-21;/h2-5,7-10,14H,6,11-13,21H2,1H3,(H,22,24);1H. The predicted molar refractivity (Wildman–Crippen MR) is 108 cm³/mol. The first-order valence-corrected chi connectivity index (χ1v) is 8.43. The number of carbonyl (C=O) groups is 1. The van der Waals surface area contributed by atoms with Crippen molar-refractivity contribution in [1.29, 1.82) is 0 Å². The number of para-hydroxylation sites is 1. The number of aryl methyl sites for hydroxylation is 2. The molecule has 0 aliphatic heterocycles. The Hall–Kier alpha value is -2.50. The summed E-state index contributed by atoms with van der Waals surface area (Å²) in [7, 11) is 2.03. The second-order valence-electron chi connectivity index (χ2n) is 5.99. The first kappa shape index (κ1) is 19.8. The van der Waals surface area contributed by atoms with E-state index in [0.29, 0.717) is 26.0 Å². The highest BCUT2D eigenvalue weighted by Crippen LogP contribution is 2.22. The van der Waals surface area contributed by atoms with Gasteiger partial charge in [0.05, 0.1) is 0 Å². The number of fused-ring (bicyclic) bond motifs is 1. The molecule has 6 heteroatoms. The number of rotatable bonds is 7. The Labute approximate surface area is 159 Å². The normalized spacial score (nSPS) is 10.4. The lowest BCUT2D eigenvalue weighted by atomic mass is 10.1. The van der Waals surface area contributed by atoms with Crippen LogP contribution in [0.4, 0.5) is 5.69 Å². The van der Waals surface area contributed by atoms with Gasteiger partial charge in [-0.2, -0.15) is 0 Å². The molecule has 0 aliphatic carbocycles. The average Bonchev–Trinajstić information content (AvgIpc) is 2.96. The van der Waals surface area contributed by atoms with Crippen LogP contribution >= 0.6 is 12.4 Å². The molecule has 0 saturated carbocycles. The number of carbonyl (C=O) groups excluding carboxylic acids is 1. The molecule has 0 radical (unpaired) electrons. The lowest BCUT2D eigenvalue weighted by Crippen LogP contribution is -2.12. The minimum Gasteiger partial charge on any atom is -0.492 e. The van der Waals surface area contributed by atoms with E-state index in [0.717, 1.165) is 11.4 Å². The molecule has 26 heavy (non-hydrogen) atoms. The zero-order valence-electron chi connectivity index (χ0n) is 14.8. The number of halogens is 1. The number of ether oxygens (including phenoxy) is 1. The van der Waals surface area contributed by atoms with Gasteiger partial charge in [-0.1, -0.05) is 18.2 Å². The van der Waals surface area contributed by atoms with Crippen molar-refractivity contribution in [2.75, 3.05) is 18.5 Å². The molecule has 0 unspecified atom stereocenters. The van der Waals surface area contributed by atoms with Gasteiger partial charge in [-0.3, -0.25) is 4.79 Å². The largest absolute Gasteiger partial charge is 0.492 e. The Kier molecular flexibility index (Phi) is 7.06. The SMILES string of the molecule is Cl.Cn1cc(CCC(=O)Nc2ccc(OCCN)cc2)c2ccccc21. The minimum absolute atomic E-state index is 0. The number of aromatic nitrogens is 1. The molecule has 3 N–H and O–H groups in total. The van der Waals surface area contributed by atoms with E-state index >= 15 is 0 Å². The van der Waals surface area contributed by atoms with E-state index in [-0.39, 0.29) is 18.3 Å². The summed E-state index contributed by atoms with van der Waals surface area (Å²) in [5.41, 5.74) is 8.55. The van der Waals surface area contributed by atoms with Gasteiger partial charge >= 0.3 is 0 Å². The summed E-state index contributed by atoms with van der Waals surface area (Å²) < 4.78 is 7.52. The Bertz CT molecular complexity index is 859. The lowest BCUT2D eigenvalue weighted by molar-refractivity contribution is -0.116. The van der Waals surface area contributed by atoms with Crippen LogP contribution in [0.1, 0.15) is 12.0 Å². The van der Waals surface area contributed by atoms with Crippen molar-refractivity contribution >= 4 is 34.9 Å². The fourth-order valence-electron chi connectivity index (χ4n) is 2.91. The molecular formula is C20H24ClN3O2. The van der Waals surface area contributed by atoms with Crippen molar-refractivity contribution in [2.24, 2.45) is 12.8 Å². The van der Waals surface area contributed by atoms with Crippen molar-refractivity contribution in [3.8, 4) is 5.75 Å². The number of hydrogen-bond acceptors (Lipinski definition) is 3. The molecule has 1 aromatic heterocycles. The van der Waals surface area contributed by atoms with E-state index in [2.05, 4.69) is 28.2 Å². The molecular weight excluding hydrogens is 350 g/mol. The monoisotopic (exact) mass is 373 g/mol. The molecule has 3 rings (SSSR count). The summed E-state index contributed by atoms with van der Waals surface area (Å²) in [5.74, 6) is 0.753. The molecule has 5 nitrogen and oxygen atoms in total. The van der Waals surface area contributed by atoms with Gasteiger partial charge in [0.15, 0.2) is 0 Å². The molecule has 3 aromatic rings. The third-order valence-electron chi connectivity index (χ3n) is 4.13. The third kappa shape index (κ3) is 4.77. The summed E-state index contributed by atoms with van der Waals surface area (Å²) in [6.07, 6.45) is 3.26. The van der Waals surface area contributed by atoms with E-state index in [1.54, 1.807) is 0 Å². The van der Waals surface area contributed by atoms with Gasteiger partial charge in [0.2, 0.25) is 5.91 Å². The van der Waals surface area contributed by atoms with E-state index in [9.17, 15) is 4.79 Å². The number of nitrogens with one attached hydrogen (secondary N) is 1. The first-order chi connectivity index (χ1) is 12.2. The molecule has 0 aliphatic rings. The van der Waals surface area contributed by atoms with Crippen molar-refractivity contribution in [3.63, 3.8) is 0 Å². The van der Waals surface area contributed by atoms with Crippen molar-refractivity contribution in [3.05, 3.63) is 60.3 Å². The van der Waals surface area contributed by atoms with Crippen LogP contribution in [0.3, 0.4) is 0 Å². The highest BCUT2D eigenvalue weighted by molar-refractivity contribution is 5.91. The lowest BCUT2D eigenvalue weighted by Gasteiger charge is -2.07. The fourth-order valence-corrected chi connectivity index (χ4v) is 2.91. The number of amides is 1. The minimum atomic E-state index is 0. The zero-order valence-corrected chi connectivity index (χ0v) is 15.6. The second kappa shape index (κ2) is 9.27. The van der Waals surface area contributed by atoms with Crippen LogP contribution < -0.4 is 15.8 Å². The van der Waals surface area contributed by atoms with Crippen molar-refractivity contribution in [1.82, 2.24) is 4.57 Å². The van der Waals surface area contributed by atoms with E-state index in [1.165, 1.54) is 16.5 Å². The summed E-state index contributed by atoms with van der Waals surface area (Å²) >= 11 is 0. The molecule has 0 bridgehead atoms. The van der Waals surface area contributed by atoms with Crippen LogP contribution in [0.15, 0.2) is 54.7 Å². The Morgan fingerprint density at radius 2 is 1.88 bits per heavy atom. The first-order valence-electron chi connectivity index (χ1n) is 8.43. The topological polar surface area (TPSA) is 69.3 Å². The van der Waals surface area contributed by atoms with Crippen LogP contribution in [-0.2, 0) is 18.3 Å². The van der Waals surface area contributed by atoms with Gasteiger partial charge in [-0.05, 0) is 42.3 Å². The average molecular weight is 374 g/mol. The summed E-state index contributed by atoms with van der Waals surface area (Å²) in [5, 5.41) is 4.13. The number of nitrogens with zero attached hydrogens (tertiary/aromatic N) is 1. The number of hydrogen-bond donors (Lipinski definition) is 2. The number of anilines is 1. The van der Waals surface area contributed by atoms with Gasteiger partial charge in [0.1, 0.15) is 12.4 Å². The molecule has 0 atom stereocenters. The smallest absolute Gasteiger partial charge is 0.224 e.